The molecule has 0 saturated carbocycles. The standard InChI is InChI=1S/C27H24FNO4/c28-20-13-12-19(16-26(30)31)18(15-20)7-5-6-14-29-27(32)33-17-25-23-10-3-1-8-21(23)22-9-2-4-11-24(22)25/h1-5,7-13,15,25H,6,14,16-17H2,(H,29,32)(H,30,31). The summed E-state index contributed by atoms with van der Waals surface area (Å²) in [5, 5.41) is 11.7. The van der Waals surface area contributed by atoms with E-state index in [2.05, 4.69) is 29.6 Å². The minimum Gasteiger partial charge on any atom is -0.481 e. The Kier molecular flexibility index (Phi) is 6.83. The molecule has 0 aromatic heterocycles. The Morgan fingerprint density at radius 1 is 1.00 bits per heavy atom. The third kappa shape index (κ3) is 5.29. The van der Waals surface area contributed by atoms with E-state index in [0.29, 0.717) is 24.1 Å². The van der Waals surface area contributed by atoms with Crippen LogP contribution in [0.3, 0.4) is 0 Å². The second-order valence-electron chi connectivity index (χ2n) is 7.86. The highest BCUT2D eigenvalue weighted by Crippen LogP contribution is 2.44. The molecule has 4 rings (SSSR count). The largest absolute Gasteiger partial charge is 0.481 e. The fourth-order valence-electron chi connectivity index (χ4n) is 4.16. The summed E-state index contributed by atoms with van der Waals surface area (Å²) in [6.45, 7) is 0.592. The summed E-state index contributed by atoms with van der Waals surface area (Å²) in [6.07, 6.45) is 3.25. The van der Waals surface area contributed by atoms with Crippen LogP contribution < -0.4 is 5.32 Å². The molecular weight excluding hydrogens is 421 g/mol. The monoisotopic (exact) mass is 445 g/mol. The molecule has 2 N–H and O–H groups in total. The van der Waals surface area contributed by atoms with Crippen molar-refractivity contribution in [1.82, 2.24) is 5.32 Å². The highest BCUT2D eigenvalue weighted by atomic mass is 19.1. The van der Waals surface area contributed by atoms with E-state index >= 15 is 0 Å². The van der Waals surface area contributed by atoms with E-state index in [4.69, 9.17) is 9.84 Å². The van der Waals surface area contributed by atoms with E-state index in [-0.39, 0.29) is 18.9 Å². The lowest BCUT2D eigenvalue weighted by atomic mass is 9.98. The molecule has 0 heterocycles. The number of carboxylic acid groups (broad SMARTS) is 1. The van der Waals surface area contributed by atoms with Crippen LogP contribution in [0.1, 0.15) is 34.6 Å². The second kappa shape index (κ2) is 10.1. The van der Waals surface area contributed by atoms with Gasteiger partial charge in [0, 0.05) is 12.5 Å². The predicted molar refractivity (Wildman–Crippen MR) is 124 cm³/mol. The third-order valence-corrected chi connectivity index (χ3v) is 5.67. The zero-order chi connectivity index (χ0) is 23.2. The van der Waals surface area contributed by atoms with Crippen LogP contribution in [-0.2, 0) is 16.0 Å². The molecule has 1 amide bonds. The van der Waals surface area contributed by atoms with Gasteiger partial charge in [0.15, 0.2) is 0 Å². The number of hydrogen-bond donors (Lipinski definition) is 2. The van der Waals surface area contributed by atoms with Crippen molar-refractivity contribution in [2.24, 2.45) is 0 Å². The highest BCUT2D eigenvalue weighted by molar-refractivity contribution is 5.79. The zero-order valence-corrected chi connectivity index (χ0v) is 18.0. The Balaban J connectivity index is 1.28. The number of hydrogen-bond acceptors (Lipinski definition) is 3. The number of rotatable bonds is 8. The molecular formula is C27H24FNO4. The van der Waals surface area contributed by atoms with Gasteiger partial charge in [-0.05, 0) is 51.9 Å². The van der Waals surface area contributed by atoms with Gasteiger partial charge in [0.2, 0.25) is 0 Å². The van der Waals surface area contributed by atoms with Crippen molar-refractivity contribution < 1.29 is 23.8 Å². The Morgan fingerprint density at radius 2 is 1.67 bits per heavy atom. The first kappa shape index (κ1) is 22.3. The average molecular weight is 445 g/mol. The van der Waals surface area contributed by atoms with Gasteiger partial charge in [0.1, 0.15) is 12.4 Å². The van der Waals surface area contributed by atoms with Gasteiger partial charge >= 0.3 is 12.1 Å². The fraction of sp³-hybridized carbons (Fsp3) is 0.185. The Hall–Kier alpha value is -3.93. The summed E-state index contributed by atoms with van der Waals surface area (Å²) in [5.41, 5.74) is 5.70. The first-order valence-electron chi connectivity index (χ1n) is 10.8. The second-order valence-corrected chi connectivity index (χ2v) is 7.86. The van der Waals surface area contributed by atoms with E-state index in [1.807, 2.05) is 24.3 Å². The number of ether oxygens (including phenoxy) is 1. The first-order valence-corrected chi connectivity index (χ1v) is 10.8. The maximum Gasteiger partial charge on any atom is 0.407 e. The minimum absolute atomic E-state index is 0.00341. The van der Waals surface area contributed by atoms with Crippen LogP contribution in [0.4, 0.5) is 9.18 Å². The first-order chi connectivity index (χ1) is 16.0. The molecule has 0 unspecified atom stereocenters. The van der Waals surface area contributed by atoms with Crippen molar-refractivity contribution in [3.05, 3.63) is 101 Å². The molecule has 168 valence electrons. The molecule has 0 bridgehead atoms. The molecule has 1 aliphatic rings. The summed E-state index contributed by atoms with van der Waals surface area (Å²) < 4.78 is 19.0. The molecule has 33 heavy (non-hydrogen) atoms. The topological polar surface area (TPSA) is 75.6 Å². The van der Waals surface area contributed by atoms with Gasteiger partial charge in [-0.2, -0.15) is 0 Å². The molecule has 0 saturated heterocycles. The minimum atomic E-state index is -0.979. The van der Waals surface area contributed by atoms with Crippen molar-refractivity contribution in [3.63, 3.8) is 0 Å². The normalized spacial score (nSPS) is 12.4. The van der Waals surface area contributed by atoms with Crippen LogP contribution in [-0.4, -0.2) is 30.3 Å². The van der Waals surface area contributed by atoms with Gasteiger partial charge in [0.05, 0.1) is 6.42 Å². The number of carbonyl (C=O) groups is 2. The molecule has 0 aliphatic heterocycles. The molecule has 3 aromatic rings. The van der Waals surface area contributed by atoms with E-state index in [0.717, 1.165) is 11.1 Å². The van der Waals surface area contributed by atoms with Gasteiger partial charge in [-0.15, -0.1) is 0 Å². The van der Waals surface area contributed by atoms with Gasteiger partial charge in [-0.3, -0.25) is 4.79 Å². The number of amides is 1. The maximum absolute atomic E-state index is 13.5. The Bertz CT molecular complexity index is 1160. The van der Waals surface area contributed by atoms with Gasteiger partial charge < -0.3 is 15.2 Å². The van der Waals surface area contributed by atoms with Gasteiger partial charge in [-0.1, -0.05) is 66.7 Å². The lowest BCUT2D eigenvalue weighted by molar-refractivity contribution is -0.136. The number of aliphatic carboxylic acids is 1. The summed E-state index contributed by atoms with van der Waals surface area (Å²) in [4.78, 5) is 23.2. The van der Waals surface area contributed by atoms with Crippen LogP contribution in [0.15, 0.2) is 72.8 Å². The smallest absolute Gasteiger partial charge is 0.407 e. The summed E-state index contributed by atoms with van der Waals surface area (Å²) in [5.74, 6) is -1.41. The van der Waals surface area contributed by atoms with Gasteiger partial charge in [-0.25, -0.2) is 9.18 Å². The number of fused-ring (bicyclic) bond motifs is 3. The highest BCUT2D eigenvalue weighted by Gasteiger charge is 2.28. The van der Waals surface area contributed by atoms with Crippen LogP contribution in [0.2, 0.25) is 0 Å². The summed E-state index contributed by atoms with van der Waals surface area (Å²) >= 11 is 0. The van der Waals surface area contributed by atoms with Crippen LogP contribution >= 0.6 is 0 Å². The summed E-state index contributed by atoms with van der Waals surface area (Å²) in [7, 11) is 0. The van der Waals surface area contributed by atoms with E-state index < -0.39 is 17.9 Å². The van der Waals surface area contributed by atoms with Crippen molar-refractivity contribution in [2.45, 2.75) is 18.8 Å². The van der Waals surface area contributed by atoms with Crippen LogP contribution in [0.5, 0.6) is 0 Å². The van der Waals surface area contributed by atoms with E-state index in [1.54, 1.807) is 12.2 Å². The van der Waals surface area contributed by atoms with Crippen LogP contribution in [0.25, 0.3) is 17.2 Å². The molecule has 5 nitrogen and oxygen atoms in total. The number of carboxylic acids is 1. The Labute approximate surface area is 191 Å². The SMILES string of the molecule is O=C(O)Cc1ccc(F)cc1C=CCCNC(=O)OCC1c2ccccc2-c2ccccc21. The number of carbonyl (C=O) groups excluding carboxylic acids is 1. The lowest BCUT2D eigenvalue weighted by Gasteiger charge is -2.14. The molecule has 1 aliphatic carbocycles. The molecule has 0 radical (unpaired) electrons. The quantitative estimate of drug-likeness (QED) is 0.456. The molecule has 3 aromatic carbocycles. The van der Waals surface area contributed by atoms with Crippen LogP contribution in [0, 0.1) is 5.82 Å². The summed E-state index contributed by atoms with van der Waals surface area (Å²) in [6, 6.07) is 20.3. The van der Waals surface area contributed by atoms with Crippen molar-refractivity contribution in [2.75, 3.05) is 13.2 Å². The van der Waals surface area contributed by atoms with Gasteiger partial charge in [0.25, 0.3) is 0 Å². The molecule has 0 fully saturated rings. The fourth-order valence-corrected chi connectivity index (χ4v) is 4.16. The molecule has 0 spiro atoms. The van der Waals surface area contributed by atoms with Crippen molar-refractivity contribution >= 4 is 18.1 Å². The van der Waals surface area contributed by atoms with E-state index in [9.17, 15) is 14.0 Å². The zero-order valence-electron chi connectivity index (χ0n) is 18.0. The predicted octanol–water partition coefficient (Wildman–Crippen LogP) is 5.39. The van der Waals surface area contributed by atoms with Crippen molar-refractivity contribution in [3.8, 4) is 11.1 Å². The molecule has 0 atom stereocenters. The maximum atomic E-state index is 13.5. The number of benzene rings is 3. The lowest BCUT2D eigenvalue weighted by Crippen LogP contribution is -2.26. The number of nitrogens with one attached hydrogen (secondary N) is 1. The number of halogens is 1. The van der Waals surface area contributed by atoms with E-state index in [1.165, 1.54) is 29.3 Å². The molecule has 6 heteroatoms. The average Bonchev–Trinajstić information content (AvgIpc) is 3.12. The third-order valence-electron chi connectivity index (χ3n) is 5.67. The Morgan fingerprint density at radius 3 is 2.33 bits per heavy atom. The van der Waals surface area contributed by atoms with Crippen molar-refractivity contribution in [1.29, 1.82) is 0 Å². The number of alkyl carbamates (subject to hydrolysis) is 1.